The van der Waals surface area contributed by atoms with Gasteiger partial charge in [0.25, 0.3) is 5.56 Å². The van der Waals surface area contributed by atoms with Gasteiger partial charge in [-0.2, -0.15) is 0 Å². The van der Waals surface area contributed by atoms with Crippen LogP contribution < -0.4 is 15.2 Å². The first-order valence-corrected chi connectivity index (χ1v) is 11.5. The van der Waals surface area contributed by atoms with Crippen LogP contribution >= 0.6 is 27.5 Å². The lowest BCUT2D eigenvalue weighted by Crippen LogP contribution is -2.46. The molecule has 0 spiro atoms. The fourth-order valence-corrected chi connectivity index (χ4v) is 4.88. The van der Waals surface area contributed by atoms with Gasteiger partial charge in [-0.15, -0.1) is 0 Å². The third-order valence-corrected chi connectivity index (χ3v) is 6.85. The van der Waals surface area contributed by atoms with Crippen LogP contribution in [-0.2, 0) is 13.6 Å². The Bertz CT molecular complexity index is 1110. The fraction of sp³-hybridized carbons (Fsp3) is 0.348. The van der Waals surface area contributed by atoms with Crippen LogP contribution in [-0.4, -0.2) is 47.6 Å². The number of benzene rings is 1. The molecule has 1 aromatic carbocycles. The summed E-state index contributed by atoms with van der Waals surface area (Å²) in [5.74, 6) is 0.900. The molecule has 0 radical (unpaired) electrons. The minimum absolute atomic E-state index is 0.0591. The van der Waals surface area contributed by atoms with E-state index in [0.717, 1.165) is 49.0 Å². The Morgan fingerprint density at radius 2 is 1.81 bits per heavy atom. The van der Waals surface area contributed by atoms with E-state index in [1.807, 2.05) is 54.2 Å². The van der Waals surface area contributed by atoms with E-state index in [1.165, 1.54) is 0 Å². The molecule has 8 heteroatoms. The summed E-state index contributed by atoms with van der Waals surface area (Å²) in [5, 5.41) is 0.707. The van der Waals surface area contributed by atoms with Gasteiger partial charge in [0.2, 0.25) is 0 Å². The van der Waals surface area contributed by atoms with Gasteiger partial charge in [-0.3, -0.25) is 14.4 Å². The lowest BCUT2D eigenvalue weighted by molar-refractivity contribution is 0.242. The van der Waals surface area contributed by atoms with E-state index in [9.17, 15) is 4.79 Å². The molecule has 1 aromatic heterocycles. The van der Waals surface area contributed by atoms with Gasteiger partial charge in [-0.05, 0) is 40.2 Å². The molecule has 164 valence electrons. The van der Waals surface area contributed by atoms with E-state index < -0.39 is 0 Å². The maximum absolute atomic E-state index is 13.0. The van der Waals surface area contributed by atoms with Crippen LogP contribution in [0.4, 0.5) is 5.69 Å². The van der Waals surface area contributed by atoms with E-state index in [1.54, 1.807) is 11.8 Å². The molecular weight excluding hydrogens is 480 g/mol. The van der Waals surface area contributed by atoms with Crippen molar-refractivity contribution in [2.45, 2.75) is 13.0 Å². The molecule has 4 rings (SSSR count). The van der Waals surface area contributed by atoms with Crippen molar-refractivity contribution in [1.29, 1.82) is 0 Å². The summed E-state index contributed by atoms with van der Waals surface area (Å²) in [7, 11) is 3.64. The first-order valence-electron chi connectivity index (χ1n) is 10.3. The zero-order valence-electron chi connectivity index (χ0n) is 17.7. The number of ether oxygens (including phenoxy) is 1. The molecule has 2 aliphatic rings. The lowest BCUT2D eigenvalue weighted by atomic mass is 10.2. The van der Waals surface area contributed by atoms with Crippen LogP contribution in [0, 0.1) is 0 Å². The van der Waals surface area contributed by atoms with Crippen LogP contribution in [0.1, 0.15) is 12.1 Å². The van der Waals surface area contributed by atoms with Gasteiger partial charge in [-0.25, -0.2) is 4.68 Å². The minimum Gasteiger partial charge on any atom is -0.495 e. The zero-order valence-corrected chi connectivity index (χ0v) is 20.1. The molecule has 1 aliphatic heterocycles. The molecule has 31 heavy (non-hydrogen) atoms. The third kappa shape index (κ3) is 4.54. The van der Waals surface area contributed by atoms with Crippen LogP contribution in [0.25, 0.3) is 5.70 Å². The average Bonchev–Trinajstić information content (AvgIpc) is 2.93. The summed E-state index contributed by atoms with van der Waals surface area (Å²) in [6.07, 6.45) is 8.12. The molecule has 1 aliphatic carbocycles. The van der Waals surface area contributed by atoms with Crippen LogP contribution in [0.2, 0.25) is 0 Å². The number of aromatic nitrogens is 2. The molecule has 0 amide bonds. The number of hydrogen-bond donors (Lipinski definition) is 0. The van der Waals surface area contributed by atoms with Crippen molar-refractivity contribution in [2.24, 2.45) is 7.05 Å². The van der Waals surface area contributed by atoms with E-state index >= 15 is 0 Å². The van der Waals surface area contributed by atoms with E-state index in [0.29, 0.717) is 22.5 Å². The van der Waals surface area contributed by atoms with Crippen molar-refractivity contribution in [1.82, 2.24) is 14.3 Å². The number of hydrogen-bond acceptors (Lipinski definition) is 4. The van der Waals surface area contributed by atoms with Crippen LogP contribution in [0.3, 0.4) is 0 Å². The summed E-state index contributed by atoms with van der Waals surface area (Å²) in [6, 6.07) is 8.13. The van der Waals surface area contributed by atoms with Crippen molar-refractivity contribution < 1.29 is 4.74 Å². The van der Waals surface area contributed by atoms with Crippen LogP contribution in [0.5, 0.6) is 5.75 Å². The zero-order chi connectivity index (χ0) is 22.0. The van der Waals surface area contributed by atoms with Crippen molar-refractivity contribution in [3.63, 3.8) is 0 Å². The SMILES string of the molecule is COc1ccccc1N1CCN(Cc2c(Br)c(=O)n(C3=CC=CC=C(Cl)C3)n2C)CC1. The van der Waals surface area contributed by atoms with Crippen molar-refractivity contribution in [3.05, 3.63) is 74.1 Å². The molecule has 0 saturated carbocycles. The van der Waals surface area contributed by atoms with Gasteiger partial charge >= 0.3 is 0 Å². The van der Waals surface area contributed by atoms with Gasteiger partial charge in [0.15, 0.2) is 0 Å². The summed E-state index contributed by atoms with van der Waals surface area (Å²) in [6.45, 7) is 4.32. The maximum Gasteiger partial charge on any atom is 0.285 e. The van der Waals surface area contributed by atoms with Crippen molar-refractivity contribution in [3.8, 4) is 5.75 Å². The maximum atomic E-state index is 13.0. The van der Waals surface area contributed by atoms with Gasteiger partial charge in [0, 0.05) is 56.9 Å². The Labute approximate surface area is 195 Å². The van der Waals surface area contributed by atoms with Crippen LogP contribution in [0.15, 0.2) is 62.9 Å². The largest absolute Gasteiger partial charge is 0.495 e. The molecule has 0 unspecified atom stereocenters. The molecule has 6 nitrogen and oxygen atoms in total. The normalized spacial score (nSPS) is 17.4. The summed E-state index contributed by atoms with van der Waals surface area (Å²) < 4.78 is 9.77. The second-order valence-corrected chi connectivity index (χ2v) is 8.95. The first kappa shape index (κ1) is 22.0. The highest BCUT2D eigenvalue weighted by atomic mass is 79.9. The van der Waals surface area contributed by atoms with E-state index in [4.69, 9.17) is 16.3 Å². The predicted molar refractivity (Wildman–Crippen MR) is 130 cm³/mol. The Balaban J connectivity index is 1.50. The molecule has 2 heterocycles. The number of anilines is 1. The van der Waals surface area contributed by atoms with Gasteiger partial charge < -0.3 is 9.64 Å². The number of halogens is 2. The number of nitrogens with zero attached hydrogens (tertiary/aromatic N) is 4. The first-order chi connectivity index (χ1) is 15.0. The molecule has 2 aromatic rings. The monoisotopic (exact) mass is 504 g/mol. The number of methoxy groups -OCH3 is 1. The van der Waals surface area contributed by atoms with Gasteiger partial charge in [0.05, 0.1) is 18.5 Å². The van der Waals surface area contributed by atoms with E-state index in [-0.39, 0.29) is 5.56 Å². The standard InChI is InChI=1S/C23H26BrClN4O2/c1-26-20(22(24)23(30)29(26)18-8-4-3-7-17(25)15-18)16-27-11-13-28(14-12-27)19-9-5-6-10-21(19)31-2/h3-10H,11-16H2,1-2H3. The smallest absolute Gasteiger partial charge is 0.285 e. The highest BCUT2D eigenvalue weighted by Gasteiger charge is 2.24. The Kier molecular flexibility index (Phi) is 6.74. The number of rotatable bonds is 5. The third-order valence-electron chi connectivity index (χ3n) is 5.79. The quantitative estimate of drug-likeness (QED) is 0.611. The molecule has 0 bridgehead atoms. The van der Waals surface area contributed by atoms with E-state index in [2.05, 4.69) is 31.8 Å². The number of allylic oxidation sites excluding steroid dienone is 6. The fourth-order valence-electron chi connectivity index (χ4n) is 4.12. The van der Waals surface area contributed by atoms with Crippen molar-refractivity contribution in [2.75, 3.05) is 38.2 Å². The molecule has 0 N–H and O–H groups in total. The summed E-state index contributed by atoms with van der Waals surface area (Å²) >= 11 is 9.82. The molecular formula is C23H26BrClN4O2. The van der Waals surface area contributed by atoms with Crippen molar-refractivity contribution >= 4 is 38.9 Å². The topological polar surface area (TPSA) is 42.6 Å². The minimum atomic E-state index is -0.0591. The van der Waals surface area contributed by atoms with Gasteiger partial charge in [-0.1, -0.05) is 35.9 Å². The molecule has 1 fully saturated rings. The average molecular weight is 506 g/mol. The number of piperazine rings is 1. The predicted octanol–water partition coefficient (Wildman–Crippen LogP) is 4.20. The highest BCUT2D eigenvalue weighted by Crippen LogP contribution is 2.29. The lowest BCUT2D eigenvalue weighted by Gasteiger charge is -2.36. The Morgan fingerprint density at radius 1 is 1.10 bits per heavy atom. The molecule has 0 atom stereocenters. The summed E-state index contributed by atoms with van der Waals surface area (Å²) in [5.41, 5.74) is 2.89. The Hall–Kier alpha value is -2.22. The number of para-hydroxylation sites is 2. The summed E-state index contributed by atoms with van der Waals surface area (Å²) in [4.78, 5) is 17.7. The Morgan fingerprint density at radius 3 is 2.55 bits per heavy atom. The highest BCUT2D eigenvalue weighted by molar-refractivity contribution is 9.10. The molecule has 1 saturated heterocycles. The second-order valence-electron chi connectivity index (χ2n) is 7.67. The second kappa shape index (κ2) is 9.51. The van der Waals surface area contributed by atoms with Gasteiger partial charge in [0.1, 0.15) is 10.2 Å².